The van der Waals surface area contributed by atoms with Crippen LogP contribution in [0.2, 0.25) is 0 Å². The van der Waals surface area contributed by atoms with Crippen LogP contribution in [0.15, 0.2) is 18.7 Å². The first-order chi connectivity index (χ1) is 6.83. The summed E-state index contributed by atoms with van der Waals surface area (Å²) < 4.78 is 1.99. The normalized spacial score (nSPS) is 10.1. The molecule has 1 heterocycles. The number of amides is 1. The zero-order chi connectivity index (χ0) is 10.2. The molecule has 0 saturated heterocycles. The molecule has 0 atom stereocenters. The lowest BCUT2D eigenvalue weighted by Crippen LogP contribution is -2.33. The van der Waals surface area contributed by atoms with Gasteiger partial charge in [0.05, 0.1) is 12.9 Å². The molecule has 0 bridgehead atoms. The number of hydrogen-bond acceptors (Lipinski definition) is 3. The fraction of sp³-hybridized carbons (Fsp3) is 0.556. The zero-order valence-electron chi connectivity index (χ0n) is 8.36. The van der Waals surface area contributed by atoms with E-state index in [4.69, 9.17) is 0 Å². The molecule has 0 aliphatic rings. The molecule has 1 amide bonds. The molecular formula is C9H16N4O. The van der Waals surface area contributed by atoms with Crippen molar-refractivity contribution in [1.29, 1.82) is 0 Å². The molecule has 2 N–H and O–H groups in total. The molecule has 0 unspecified atom stereocenters. The van der Waals surface area contributed by atoms with Crippen LogP contribution in [0, 0.1) is 0 Å². The molecular weight excluding hydrogens is 180 g/mol. The number of aromatic nitrogens is 2. The zero-order valence-corrected chi connectivity index (χ0v) is 8.36. The van der Waals surface area contributed by atoms with Crippen LogP contribution in [0.5, 0.6) is 0 Å². The van der Waals surface area contributed by atoms with E-state index in [0.29, 0.717) is 13.1 Å². The first-order valence-corrected chi connectivity index (χ1v) is 4.70. The highest BCUT2D eigenvalue weighted by atomic mass is 16.1. The minimum atomic E-state index is 0.0399. The Morgan fingerprint density at radius 2 is 2.43 bits per heavy atom. The molecule has 78 valence electrons. The van der Waals surface area contributed by atoms with Gasteiger partial charge in [0.2, 0.25) is 5.91 Å². The van der Waals surface area contributed by atoms with Gasteiger partial charge in [0, 0.05) is 25.5 Å². The Morgan fingerprint density at radius 3 is 3.07 bits per heavy atom. The number of nitrogens with one attached hydrogen (secondary N) is 2. The summed E-state index contributed by atoms with van der Waals surface area (Å²) in [6.07, 6.45) is 6.36. The van der Waals surface area contributed by atoms with E-state index in [1.165, 1.54) is 0 Å². The van der Waals surface area contributed by atoms with Gasteiger partial charge in [-0.2, -0.15) is 0 Å². The van der Waals surface area contributed by atoms with E-state index >= 15 is 0 Å². The Labute approximate surface area is 83.5 Å². The van der Waals surface area contributed by atoms with Gasteiger partial charge in [-0.05, 0) is 13.5 Å². The molecule has 14 heavy (non-hydrogen) atoms. The van der Waals surface area contributed by atoms with Crippen molar-refractivity contribution in [1.82, 2.24) is 20.2 Å². The highest BCUT2D eigenvalue weighted by Crippen LogP contribution is 1.88. The van der Waals surface area contributed by atoms with Crippen LogP contribution in [0.25, 0.3) is 0 Å². The maximum atomic E-state index is 11.0. The lowest BCUT2D eigenvalue weighted by Gasteiger charge is -2.04. The number of imidazole rings is 1. The van der Waals surface area contributed by atoms with Gasteiger partial charge in [-0.15, -0.1) is 0 Å². The smallest absolute Gasteiger partial charge is 0.233 e. The van der Waals surface area contributed by atoms with Crippen LogP contribution in [0.3, 0.4) is 0 Å². The Balaban J connectivity index is 2.02. The van der Waals surface area contributed by atoms with Crippen LogP contribution in [0.1, 0.15) is 6.42 Å². The Kier molecular flexibility index (Phi) is 4.71. The maximum absolute atomic E-state index is 11.0. The highest BCUT2D eigenvalue weighted by Gasteiger charge is 1.96. The molecule has 0 aliphatic carbocycles. The van der Waals surface area contributed by atoms with Crippen molar-refractivity contribution in [3.05, 3.63) is 18.7 Å². The molecule has 1 rings (SSSR count). The van der Waals surface area contributed by atoms with Gasteiger partial charge < -0.3 is 15.2 Å². The van der Waals surface area contributed by atoms with Gasteiger partial charge in [0.25, 0.3) is 0 Å². The third-order valence-electron chi connectivity index (χ3n) is 1.81. The summed E-state index contributed by atoms with van der Waals surface area (Å²) in [5, 5.41) is 5.61. The summed E-state index contributed by atoms with van der Waals surface area (Å²) in [6, 6.07) is 0. The van der Waals surface area contributed by atoms with Crippen LogP contribution < -0.4 is 10.6 Å². The van der Waals surface area contributed by atoms with Crippen LogP contribution >= 0.6 is 0 Å². The Hall–Kier alpha value is -1.36. The van der Waals surface area contributed by atoms with Crippen molar-refractivity contribution in [2.24, 2.45) is 0 Å². The van der Waals surface area contributed by atoms with Gasteiger partial charge in [0.15, 0.2) is 0 Å². The lowest BCUT2D eigenvalue weighted by molar-refractivity contribution is -0.120. The third kappa shape index (κ3) is 4.04. The number of nitrogens with zero attached hydrogens (tertiary/aromatic N) is 2. The first-order valence-electron chi connectivity index (χ1n) is 4.70. The van der Waals surface area contributed by atoms with E-state index in [-0.39, 0.29) is 5.91 Å². The van der Waals surface area contributed by atoms with Crippen molar-refractivity contribution in [3.63, 3.8) is 0 Å². The largest absolute Gasteiger partial charge is 0.355 e. The summed E-state index contributed by atoms with van der Waals surface area (Å²) in [7, 11) is 1.76. The predicted octanol–water partition coefficient (Wildman–Crippen LogP) is -0.391. The number of likely N-dealkylation sites (N-methyl/N-ethyl adjacent to an activating group) is 1. The van der Waals surface area contributed by atoms with E-state index in [1.54, 1.807) is 19.6 Å². The van der Waals surface area contributed by atoms with Crippen molar-refractivity contribution in [2.75, 3.05) is 20.1 Å². The van der Waals surface area contributed by atoms with Crippen molar-refractivity contribution < 1.29 is 4.79 Å². The summed E-state index contributed by atoms with van der Waals surface area (Å²) in [6.45, 7) is 1.98. The van der Waals surface area contributed by atoms with Gasteiger partial charge in [0.1, 0.15) is 0 Å². The average Bonchev–Trinajstić information content (AvgIpc) is 2.65. The van der Waals surface area contributed by atoms with Gasteiger partial charge in [-0.3, -0.25) is 4.79 Å². The van der Waals surface area contributed by atoms with Crippen molar-refractivity contribution in [3.8, 4) is 0 Å². The fourth-order valence-corrected chi connectivity index (χ4v) is 1.13. The molecule has 5 heteroatoms. The maximum Gasteiger partial charge on any atom is 0.233 e. The van der Waals surface area contributed by atoms with E-state index in [2.05, 4.69) is 15.6 Å². The summed E-state index contributed by atoms with van der Waals surface area (Å²) in [5.74, 6) is 0.0399. The lowest BCUT2D eigenvalue weighted by atomic mass is 10.4. The quantitative estimate of drug-likeness (QED) is 0.609. The van der Waals surface area contributed by atoms with E-state index in [0.717, 1.165) is 13.0 Å². The van der Waals surface area contributed by atoms with E-state index in [9.17, 15) is 4.79 Å². The molecule has 0 radical (unpaired) electrons. The minimum Gasteiger partial charge on any atom is -0.355 e. The van der Waals surface area contributed by atoms with Crippen molar-refractivity contribution >= 4 is 5.91 Å². The van der Waals surface area contributed by atoms with Crippen molar-refractivity contribution in [2.45, 2.75) is 13.0 Å². The number of carbonyl (C=O) groups excluding carboxylic acids is 1. The highest BCUT2D eigenvalue weighted by molar-refractivity contribution is 5.77. The first kappa shape index (κ1) is 10.7. The SMILES string of the molecule is CNCC(=O)NCCCn1ccnc1. The Morgan fingerprint density at radius 1 is 1.57 bits per heavy atom. The summed E-state index contributed by atoms with van der Waals surface area (Å²) in [5.41, 5.74) is 0. The molecule has 1 aromatic rings. The van der Waals surface area contributed by atoms with Gasteiger partial charge >= 0.3 is 0 Å². The second-order valence-corrected chi connectivity index (χ2v) is 3.03. The molecule has 5 nitrogen and oxygen atoms in total. The van der Waals surface area contributed by atoms with Crippen LogP contribution in [0.4, 0.5) is 0 Å². The standard InChI is InChI=1S/C9H16N4O/c1-10-7-9(14)12-3-2-5-13-6-4-11-8-13/h4,6,8,10H,2-3,5,7H2,1H3,(H,12,14). The topological polar surface area (TPSA) is 59.0 Å². The summed E-state index contributed by atoms with van der Waals surface area (Å²) >= 11 is 0. The summed E-state index contributed by atoms with van der Waals surface area (Å²) in [4.78, 5) is 14.9. The monoisotopic (exact) mass is 196 g/mol. The van der Waals surface area contributed by atoms with Gasteiger partial charge in [-0.25, -0.2) is 4.98 Å². The van der Waals surface area contributed by atoms with E-state index < -0.39 is 0 Å². The molecule has 0 aliphatic heterocycles. The van der Waals surface area contributed by atoms with E-state index in [1.807, 2.05) is 10.8 Å². The molecule has 1 aromatic heterocycles. The molecule has 0 saturated carbocycles. The number of carbonyl (C=O) groups is 1. The van der Waals surface area contributed by atoms with Gasteiger partial charge in [-0.1, -0.05) is 0 Å². The van der Waals surface area contributed by atoms with Crippen LogP contribution in [-0.2, 0) is 11.3 Å². The second-order valence-electron chi connectivity index (χ2n) is 3.03. The minimum absolute atomic E-state index is 0.0399. The molecule has 0 fully saturated rings. The van der Waals surface area contributed by atoms with Crippen LogP contribution in [-0.4, -0.2) is 35.6 Å². The molecule has 0 spiro atoms. The number of aryl methyl sites for hydroxylation is 1. The number of rotatable bonds is 6. The third-order valence-corrected chi connectivity index (χ3v) is 1.81. The Bertz CT molecular complexity index is 258. The average molecular weight is 196 g/mol. The molecule has 0 aromatic carbocycles. The predicted molar refractivity (Wildman–Crippen MR) is 53.8 cm³/mol. The second kappa shape index (κ2) is 6.15. The number of hydrogen-bond donors (Lipinski definition) is 2. The fourth-order valence-electron chi connectivity index (χ4n) is 1.13.